The van der Waals surface area contributed by atoms with Gasteiger partial charge in [-0.1, -0.05) is 18.5 Å². The molecule has 0 spiro atoms. The fraction of sp³-hybridized carbons (Fsp3) is 0.538. The van der Waals surface area contributed by atoms with Gasteiger partial charge in [-0.2, -0.15) is 4.98 Å². The summed E-state index contributed by atoms with van der Waals surface area (Å²) in [5, 5.41) is 7.49. The van der Waals surface area contributed by atoms with Crippen molar-refractivity contribution >= 4 is 0 Å². The maximum Gasteiger partial charge on any atom is 0.234 e. The lowest BCUT2D eigenvalue weighted by atomic mass is 9.82. The van der Waals surface area contributed by atoms with Crippen LogP contribution in [0.2, 0.25) is 0 Å². The van der Waals surface area contributed by atoms with Gasteiger partial charge >= 0.3 is 0 Å². The van der Waals surface area contributed by atoms with E-state index in [1.807, 2.05) is 18.3 Å². The Hall–Kier alpha value is -1.62. The summed E-state index contributed by atoms with van der Waals surface area (Å²) < 4.78 is 5.51. The third kappa shape index (κ3) is 1.84. The highest BCUT2D eigenvalue weighted by molar-refractivity contribution is 5.48. The molecule has 0 saturated carbocycles. The van der Waals surface area contributed by atoms with E-state index in [-0.39, 0.29) is 5.41 Å². The molecule has 5 nitrogen and oxygen atoms in total. The van der Waals surface area contributed by atoms with Gasteiger partial charge in [-0.3, -0.25) is 0 Å². The number of aromatic nitrogens is 3. The predicted molar refractivity (Wildman–Crippen MR) is 68.2 cm³/mol. The molecule has 1 unspecified atom stereocenters. The number of hydrogen-bond acceptors (Lipinski definition) is 4. The Morgan fingerprint density at radius 2 is 2.44 bits per heavy atom. The first-order valence-electron chi connectivity index (χ1n) is 6.53. The summed E-state index contributed by atoms with van der Waals surface area (Å²) >= 11 is 0. The van der Waals surface area contributed by atoms with Crippen molar-refractivity contribution in [1.82, 2.24) is 20.4 Å². The summed E-state index contributed by atoms with van der Waals surface area (Å²) in [5.41, 5.74) is 0.940. The SMILES string of the molecule is CCCC1(c2nc(-c3ccc[nH]3)no2)CCNC1. The highest BCUT2D eigenvalue weighted by Crippen LogP contribution is 2.35. The Balaban J connectivity index is 1.92. The molecular formula is C13H18N4O. The van der Waals surface area contributed by atoms with Gasteiger partial charge in [0.15, 0.2) is 0 Å². The van der Waals surface area contributed by atoms with Crippen molar-refractivity contribution in [2.24, 2.45) is 0 Å². The first-order chi connectivity index (χ1) is 8.84. The Labute approximate surface area is 106 Å². The van der Waals surface area contributed by atoms with Crippen molar-refractivity contribution in [2.75, 3.05) is 13.1 Å². The summed E-state index contributed by atoms with van der Waals surface area (Å²) in [6.45, 7) is 4.16. The number of nitrogens with zero attached hydrogens (tertiary/aromatic N) is 2. The average molecular weight is 246 g/mol. The summed E-state index contributed by atoms with van der Waals surface area (Å²) in [4.78, 5) is 7.68. The van der Waals surface area contributed by atoms with Gasteiger partial charge in [0.05, 0.1) is 11.1 Å². The summed E-state index contributed by atoms with van der Waals surface area (Å²) in [5.74, 6) is 1.43. The predicted octanol–water partition coefficient (Wildman–Crippen LogP) is 2.10. The summed E-state index contributed by atoms with van der Waals surface area (Å²) in [6, 6.07) is 3.89. The summed E-state index contributed by atoms with van der Waals surface area (Å²) in [7, 11) is 0. The lowest BCUT2D eigenvalue weighted by molar-refractivity contribution is 0.277. The maximum absolute atomic E-state index is 5.51. The van der Waals surface area contributed by atoms with Crippen molar-refractivity contribution < 1.29 is 4.52 Å². The van der Waals surface area contributed by atoms with Crippen LogP contribution in [-0.2, 0) is 5.41 Å². The third-order valence-corrected chi connectivity index (χ3v) is 3.69. The minimum Gasteiger partial charge on any atom is -0.359 e. The van der Waals surface area contributed by atoms with E-state index in [0.717, 1.165) is 43.9 Å². The Bertz CT molecular complexity index is 497. The van der Waals surface area contributed by atoms with E-state index in [9.17, 15) is 0 Å². The molecule has 0 radical (unpaired) electrons. The zero-order valence-corrected chi connectivity index (χ0v) is 10.6. The number of hydrogen-bond donors (Lipinski definition) is 2. The van der Waals surface area contributed by atoms with Gasteiger partial charge in [0, 0.05) is 12.7 Å². The Morgan fingerprint density at radius 1 is 1.50 bits per heavy atom. The molecule has 3 rings (SSSR count). The molecule has 0 amide bonds. The molecule has 2 N–H and O–H groups in total. The molecule has 1 aliphatic rings. The fourth-order valence-electron chi connectivity index (χ4n) is 2.74. The molecule has 3 heterocycles. The van der Waals surface area contributed by atoms with Crippen molar-refractivity contribution in [2.45, 2.75) is 31.6 Å². The van der Waals surface area contributed by atoms with Crippen LogP contribution in [0, 0.1) is 0 Å². The molecule has 0 aromatic carbocycles. The van der Waals surface area contributed by atoms with Crippen LogP contribution in [0.1, 0.15) is 32.1 Å². The van der Waals surface area contributed by atoms with Crippen LogP contribution in [-0.4, -0.2) is 28.2 Å². The minimum absolute atomic E-state index is 0.0343. The minimum atomic E-state index is 0.0343. The van der Waals surface area contributed by atoms with Gasteiger partial charge in [-0.15, -0.1) is 0 Å². The van der Waals surface area contributed by atoms with Crippen molar-refractivity contribution in [3.05, 3.63) is 24.2 Å². The van der Waals surface area contributed by atoms with Crippen molar-refractivity contribution in [3.63, 3.8) is 0 Å². The van der Waals surface area contributed by atoms with E-state index in [4.69, 9.17) is 4.52 Å². The molecule has 2 aromatic heterocycles. The number of rotatable bonds is 4. The Kier molecular flexibility index (Phi) is 2.91. The van der Waals surface area contributed by atoms with E-state index < -0.39 is 0 Å². The second-order valence-electron chi connectivity index (χ2n) is 4.96. The standard InChI is InChI=1S/C13H18N4O/c1-2-5-13(6-8-14-9-13)12-16-11(17-18-12)10-4-3-7-15-10/h3-4,7,14-15H,2,5-6,8-9H2,1H3. The number of nitrogens with one attached hydrogen (secondary N) is 2. The lowest BCUT2D eigenvalue weighted by Crippen LogP contribution is -2.29. The molecule has 0 aliphatic carbocycles. The van der Waals surface area contributed by atoms with E-state index in [1.165, 1.54) is 0 Å². The molecule has 1 saturated heterocycles. The molecular weight excluding hydrogens is 228 g/mol. The highest BCUT2D eigenvalue weighted by Gasteiger charge is 2.40. The first-order valence-corrected chi connectivity index (χ1v) is 6.53. The smallest absolute Gasteiger partial charge is 0.234 e. The summed E-state index contributed by atoms with van der Waals surface area (Å²) in [6.07, 6.45) is 5.16. The number of H-pyrrole nitrogens is 1. The van der Waals surface area contributed by atoms with Crippen LogP contribution in [0.3, 0.4) is 0 Å². The van der Waals surface area contributed by atoms with Gasteiger partial charge in [0.2, 0.25) is 11.7 Å². The lowest BCUT2D eigenvalue weighted by Gasteiger charge is -2.22. The normalized spacial score (nSPS) is 23.6. The molecule has 96 valence electrons. The van der Waals surface area contributed by atoms with E-state index in [0.29, 0.717) is 5.82 Å². The van der Waals surface area contributed by atoms with E-state index in [2.05, 4.69) is 27.4 Å². The molecule has 2 aromatic rings. The van der Waals surface area contributed by atoms with E-state index in [1.54, 1.807) is 0 Å². The second-order valence-corrected chi connectivity index (χ2v) is 4.96. The van der Waals surface area contributed by atoms with Gasteiger partial charge in [0.1, 0.15) is 0 Å². The zero-order chi connectivity index (χ0) is 12.4. The average Bonchev–Trinajstić information content (AvgIpc) is 3.11. The maximum atomic E-state index is 5.51. The van der Waals surface area contributed by atoms with Gasteiger partial charge < -0.3 is 14.8 Å². The quantitative estimate of drug-likeness (QED) is 0.867. The largest absolute Gasteiger partial charge is 0.359 e. The molecule has 5 heteroatoms. The van der Waals surface area contributed by atoms with Crippen LogP contribution in [0.5, 0.6) is 0 Å². The van der Waals surface area contributed by atoms with Crippen molar-refractivity contribution in [3.8, 4) is 11.5 Å². The first kappa shape index (κ1) is 11.5. The molecule has 0 bridgehead atoms. The van der Waals surface area contributed by atoms with Crippen LogP contribution in [0.15, 0.2) is 22.9 Å². The van der Waals surface area contributed by atoms with Gasteiger partial charge in [-0.25, -0.2) is 0 Å². The molecule has 1 atom stereocenters. The third-order valence-electron chi connectivity index (χ3n) is 3.69. The van der Waals surface area contributed by atoms with Crippen LogP contribution < -0.4 is 5.32 Å². The zero-order valence-electron chi connectivity index (χ0n) is 10.6. The molecule has 1 fully saturated rings. The second kappa shape index (κ2) is 4.57. The monoisotopic (exact) mass is 246 g/mol. The van der Waals surface area contributed by atoms with Crippen molar-refractivity contribution in [1.29, 1.82) is 0 Å². The van der Waals surface area contributed by atoms with Crippen LogP contribution in [0.25, 0.3) is 11.5 Å². The van der Waals surface area contributed by atoms with Gasteiger partial charge in [0.25, 0.3) is 0 Å². The fourth-order valence-corrected chi connectivity index (χ4v) is 2.74. The number of aromatic amines is 1. The Morgan fingerprint density at radius 3 is 3.11 bits per heavy atom. The highest BCUT2D eigenvalue weighted by atomic mass is 16.5. The van der Waals surface area contributed by atoms with E-state index >= 15 is 0 Å². The molecule has 1 aliphatic heterocycles. The molecule has 18 heavy (non-hydrogen) atoms. The van der Waals surface area contributed by atoms with Gasteiger partial charge in [-0.05, 0) is 31.5 Å². The van der Waals surface area contributed by atoms with Crippen LogP contribution in [0.4, 0.5) is 0 Å². The topological polar surface area (TPSA) is 66.7 Å². The van der Waals surface area contributed by atoms with Crippen LogP contribution >= 0.6 is 0 Å².